The molecular formula is C10H13BrN2. The SMILES string of the molecule is Nc1cc(Br)c2c(c1)[C@@H](N)CCC2. The monoisotopic (exact) mass is 240 g/mol. The molecule has 0 heterocycles. The molecule has 0 spiro atoms. The van der Waals surface area contributed by atoms with Crippen molar-refractivity contribution in [2.45, 2.75) is 25.3 Å². The fourth-order valence-electron chi connectivity index (χ4n) is 1.93. The van der Waals surface area contributed by atoms with Gasteiger partial charge in [0.05, 0.1) is 0 Å². The molecule has 13 heavy (non-hydrogen) atoms. The van der Waals surface area contributed by atoms with Crippen molar-refractivity contribution in [2.24, 2.45) is 5.73 Å². The van der Waals surface area contributed by atoms with E-state index in [1.165, 1.54) is 17.5 Å². The maximum Gasteiger partial charge on any atom is 0.0328 e. The van der Waals surface area contributed by atoms with Crippen molar-refractivity contribution >= 4 is 21.6 Å². The third-order valence-corrected chi connectivity index (χ3v) is 3.30. The van der Waals surface area contributed by atoms with Crippen molar-refractivity contribution in [1.82, 2.24) is 0 Å². The van der Waals surface area contributed by atoms with Crippen molar-refractivity contribution in [2.75, 3.05) is 5.73 Å². The number of halogens is 1. The van der Waals surface area contributed by atoms with E-state index in [1.807, 2.05) is 12.1 Å². The number of hydrogen-bond donors (Lipinski definition) is 2. The van der Waals surface area contributed by atoms with Crippen molar-refractivity contribution in [3.8, 4) is 0 Å². The third-order valence-electron chi connectivity index (χ3n) is 2.59. The zero-order valence-corrected chi connectivity index (χ0v) is 8.97. The van der Waals surface area contributed by atoms with Crippen molar-refractivity contribution in [3.05, 3.63) is 27.7 Å². The highest BCUT2D eigenvalue weighted by atomic mass is 79.9. The van der Waals surface area contributed by atoms with Crippen LogP contribution < -0.4 is 11.5 Å². The van der Waals surface area contributed by atoms with Gasteiger partial charge in [-0.2, -0.15) is 0 Å². The lowest BCUT2D eigenvalue weighted by Crippen LogP contribution is -2.18. The van der Waals surface area contributed by atoms with Crippen molar-refractivity contribution < 1.29 is 0 Å². The number of rotatable bonds is 0. The minimum absolute atomic E-state index is 0.170. The lowest BCUT2D eigenvalue weighted by Gasteiger charge is -2.23. The van der Waals surface area contributed by atoms with Crippen LogP contribution in [0.15, 0.2) is 16.6 Å². The molecule has 1 atom stereocenters. The Bertz CT molecular complexity index is 336. The summed E-state index contributed by atoms with van der Waals surface area (Å²) in [6.07, 6.45) is 3.36. The zero-order chi connectivity index (χ0) is 9.42. The normalized spacial score (nSPS) is 21.2. The Kier molecular flexibility index (Phi) is 2.30. The Morgan fingerprint density at radius 3 is 2.92 bits per heavy atom. The molecule has 0 aliphatic heterocycles. The van der Waals surface area contributed by atoms with Gasteiger partial charge < -0.3 is 11.5 Å². The van der Waals surface area contributed by atoms with Crippen LogP contribution in [-0.4, -0.2) is 0 Å². The Morgan fingerprint density at radius 1 is 1.38 bits per heavy atom. The predicted molar refractivity (Wildman–Crippen MR) is 58.4 cm³/mol. The molecule has 1 aliphatic carbocycles. The van der Waals surface area contributed by atoms with Gasteiger partial charge in [-0.3, -0.25) is 0 Å². The number of nitrogen functional groups attached to an aromatic ring is 1. The molecule has 70 valence electrons. The number of fused-ring (bicyclic) bond motifs is 1. The standard InChI is InChI=1S/C10H13BrN2/c11-9-5-6(12)4-8-7(9)2-1-3-10(8)13/h4-5,10H,1-3,12-13H2/t10-/m0/s1. The molecule has 0 amide bonds. The average Bonchev–Trinajstić information content (AvgIpc) is 2.07. The van der Waals surface area contributed by atoms with E-state index in [2.05, 4.69) is 15.9 Å². The molecule has 4 N–H and O–H groups in total. The van der Waals surface area contributed by atoms with Crippen LogP contribution in [0.1, 0.15) is 30.0 Å². The lowest BCUT2D eigenvalue weighted by molar-refractivity contribution is 0.569. The summed E-state index contributed by atoms with van der Waals surface area (Å²) >= 11 is 3.52. The van der Waals surface area contributed by atoms with Crippen LogP contribution in [-0.2, 0) is 6.42 Å². The summed E-state index contributed by atoms with van der Waals surface area (Å²) in [5, 5.41) is 0. The Morgan fingerprint density at radius 2 is 2.15 bits per heavy atom. The molecule has 0 aromatic heterocycles. The van der Waals surface area contributed by atoms with E-state index in [1.54, 1.807) is 0 Å². The number of anilines is 1. The van der Waals surface area contributed by atoms with E-state index < -0.39 is 0 Å². The number of benzene rings is 1. The van der Waals surface area contributed by atoms with Gasteiger partial charge in [0.1, 0.15) is 0 Å². The topological polar surface area (TPSA) is 52.0 Å². The highest BCUT2D eigenvalue weighted by Gasteiger charge is 2.18. The van der Waals surface area contributed by atoms with E-state index in [4.69, 9.17) is 11.5 Å². The lowest BCUT2D eigenvalue weighted by atomic mass is 9.88. The second-order valence-electron chi connectivity index (χ2n) is 3.57. The third kappa shape index (κ3) is 1.58. The second-order valence-corrected chi connectivity index (χ2v) is 4.42. The highest BCUT2D eigenvalue weighted by Crippen LogP contribution is 2.34. The molecule has 2 rings (SSSR count). The van der Waals surface area contributed by atoms with Crippen LogP contribution in [0.2, 0.25) is 0 Å². The smallest absolute Gasteiger partial charge is 0.0328 e. The van der Waals surface area contributed by atoms with Crippen LogP contribution in [0.3, 0.4) is 0 Å². The Labute approximate surface area is 86.4 Å². The van der Waals surface area contributed by atoms with Crippen molar-refractivity contribution in [3.63, 3.8) is 0 Å². The van der Waals surface area contributed by atoms with Crippen LogP contribution in [0, 0.1) is 0 Å². The molecule has 2 nitrogen and oxygen atoms in total. The number of hydrogen-bond acceptors (Lipinski definition) is 2. The summed E-state index contributed by atoms with van der Waals surface area (Å²) in [5.41, 5.74) is 15.1. The van der Waals surface area contributed by atoms with Gasteiger partial charge in [0.2, 0.25) is 0 Å². The summed E-state index contributed by atoms with van der Waals surface area (Å²) in [6, 6.07) is 4.13. The van der Waals surface area contributed by atoms with Crippen LogP contribution >= 0.6 is 15.9 Å². The summed E-state index contributed by atoms with van der Waals surface area (Å²) in [7, 11) is 0. The van der Waals surface area contributed by atoms with Gasteiger partial charge in [-0.1, -0.05) is 15.9 Å². The largest absolute Gasteiger partial charge is 0.399 e. The predicted octanol–water partition coefficient (Wildman–Crippen LogP) is 2.37. The van der Waals surface area contributed by atoms with Gasteiger partial charge >= 0.3 is 0 Å². The molecule has 3 heteroatoms. The first kappa shape index (κ1) is 9.03. The van der Waals surface area contributed by atoms with Crippen molar-refractivity contribution in [1.29, 1.82) is 0 Å². The molecule has 0 unspecified atom stereocenters. The van der Waals surface area contributed by atoms with E-state index in [9.17, 15) is 0 Å². The molecule has 0 radical (unpaired) electrons. The minimum Gasteiger partial charge on any atom is -0.399 e. The average molecular weight is 241 g/mol. The second kappa shape index (κ2) is 3.31. The fraction of sp³-hybridized carbons (Fsp3) is 0.400. The maximum absolute atomic E-state index is 6.01. The first-order valence-electron chi connectivity index (χ1n) is 4.52. The first-order chi connectivity index (χ1) is 6.18. The van der Waals surface area contributed by atoms with E-state index >= 15 is 0 Å². The van der Waals surface area contributed by atoms with E-state index in [0.29, 0.717) is 0 Å². The molecule has 0 bridgehead atoms. The van der Waals surface area contributed by atoms with Gasteiger partial charge in [0.15, 0.2) is 0 Å². The fourth-order valence-corrected chi connectivity index (χ4v) is 2.62. The molecule has 0 saturated heterocycles. The molecule has 0 saturated carbocycles. The van der Waals surface area contributed by atoms with Crippen LogP contribution in [0.25, 0.3) is 0 Å². The molecular weight excluding hydrogens is 228 g/mol. The molecule has 1 aromatic carbocycles. The van der Waals surface area contributed by atoms with Crippen LogP contribution in [0.5, 0.6) is 0 Å². The van der Waals surface area contributed by atoms with Gasteiger partial charge in [-0.25, -0.2) is 0 Å². The van der Waals surface area contributed by atoms with E-state index in [-0.39, 0.29) is 6.04 Å². The summed E-state index contributed by atoms with van der Waals surface area (Å²) < 4.78 is 1.11. The zero-order valence-electron chi connectivity index (χ0n) is 7.39. The first-order valence-corrected chi connectivity index (χ1v) is 5.31. The van der Waals surface area contributed by atoms with Gasteiger partial charge in [-0.05, 0) is 42.5 Å². The van der Waals surface area contributed by atoms with Gasteiger partial charge in [0.25, 0.3) is 0 Å². The quantitative estimate of drug-likeness (QED) is 0.685. The Hall–Kier alpha value is -0.540. The summed E-state index contributed by atoms with van der Waals surface area (Å²) in [4.78, 5) is 0. The summed E-state index contributed by atoms with van der Waals surface area (Å²) in [5.74, 6) is 0. The number of nitrogens with two attached hydrogens (primary N) is 2. The molecule has 1 aliphatic rings. The summed E-state index contributed by atoms with van der Waals surface area (Å²) in [6.45, 7) is 0. The van der Waals surface area contributed by atoms with Crippen LogP contribution in [0.4, 0.5) is 5.69 Å². The van der Waals surface area contributed by atoms with E-state index in [0.717, 1.165) is 23.0 Å². The van der Waals surface area contributed by atoms with Gasteiger partial charge in [0, 0.05) is 16.2 Å². The Balaban J connectivity index is 2.56. The molecule has 1 aromatic rings. The highest BCUT2D eigenvalue weighted by molar-refractivity contribution is 9.10. The maximum atomic E-state index is 6.01. The van der Waals surface area contributed by atoms with Gasteiger partial charge in [-0.15, -0.1) is 0 Å². The molecule has 0 fully saturated rings. The minimum atomic E-state index is 0.170.